The van der Waals surface area contributed by atoms with E-state index in [1.807, 2.05) is 0 Å². The van der Waals surface area contributed by atoms with E-state index in [9.17, 15) is 12.8 Å². The zero-order valence-corrected chi connectivity index (χ0v) is 13.0. The van der Waals surface area contributed by atoms with Crippen molar-refractivity contribution in [2.75, 3.05) is 10.1 Å². The first-order valence-corrected chi connectivity index (χ1v) is 8.42. The Morgan fingerprint density at radius 3 is 2.29 bits per heavy atom. The summed E-state index contributed by atoms with van der Waals surface area (Å²) in [5.74, 6) is -0.459. The average Bonchev–Trinajstić information content (AvgIpc) is 2.47. The van der Waals surface area contributed by atoms with Gasteiger partial charge in [-0.15, -0.1) is 0 Å². The highest BCUT2D eigenvalue weighted by atomic mass is 35.5. The van der Waals surface area contributed by atoms with Crippen LogP contribution in [0.2, 0.25) is 5.02 Å². The van der Waals surface area contributed by atoms with E-state index in [0.29, 0.717) is 16.3 Å². The predicted molar refractivity (Wildman–Crippen MR) is 83.5 cm³/mol. The Bertz CT molecular complexity index is 717. The van der Waals surface area contributed by atoms with Crippen LogP contribution in [0.1, 0.15) is 12.5 Å². The molecule has 0 aliphatic carbocycles. The smallest absolute Gasteiger partial charge is 0.235 e. The van der Waals surface area contributed by atoms with Gasteiger partial charge >= 0.3 is 0 Å². The number of nitrogens with zero attached hydrogens (tertiary/aromatic N) is 1. The van der Waals surface area contributed by atoms with Crippen LogP contribution in [-0.2, 0) is 16.6 Å². The number of sulfonamides is 1. The van der Waals surface area contributed by atoms with Crippen molar-refractivity contribution >= 4 is 27.3 Å². The Balaban J connectivity index is 2.43. The Morgan fingerprint density at radius 2 is 1.71 bits per heavy atom. The third kappa shape index (κ3) is 3.74. The highest BCUT2D eigenvalue weighted by Crippen LogP contribution is 2.24. The molecular formula is C15H15ClFNO2S. The van der Waals surface area contributed by atoms with Crippen LogP contribution in [-0.4, -0.2) is 14.2 Å². The SMILES string of the molecule is CCS(=O)(=O)N(Cc1ccccc1Cl)c1ccc(F)cc1. The molecular weight excluding hydrogens is 313 g/mol. The van der Waals surface area contributed by atoms with E-state index in [-0.39, 0.29) is 12.3 Å². The van der Waals surface area contributed by atoms with Crippen molar-refractivity contribution in [1.29, 1.82) is 0 Å². The predicted octanol–water partition coefficient (Wildman–Crippen LogP) is 3.84. The molecule has 0 aromatic heterocycles. The van der Waals surface area contributed by atoms with E-state index < -0.39 is 15.8 Å². The number of hydrogen-bond donors (Lipinski definition) is 0. The molecule has 0 aliphatic rings. The third-order valence-electron chi connectivity index (χ3n) is 3.09. The molecule has 0 spiro atoms. The van der Waals surface area contributed by atoms with Crippen LogP contribution < -0.4 is 4.31 Å². The summed E-state index contributed by atoms with van der Waals surface area (Å²) in [7, 11) is -3.49. The summed E-state index contributed by atoms with van der Waals surface area (Å²) in [4.78, 5) is 0. The fourth-order valence-corrected chi connectivity index (χ4v) is 3.18. The van der Waals surface area contributed by atoms with Crippen molar-refractivity contribution in [1.82, 2.24) is 0 Å². The van der Waals surface area contributed by atoms with Gasteiger partial charge in [-0.1, -0.05) is 29.8 Å². The number of hydrogen-bond acceptors (Lipinski definition) is 2. The van der Waals surface area contributed by atoms with Gasteiger partial charge in [0.2, 0.25) is 10.0 Å². The fourth-order valence-electron chi connectivity index (χ4n) is 1.89. The molecule has 0 bridgehead atoms. The van der Waals surface area contributed by atoms with Crippen molar-refractivity contribution < 1.29 is 12.8 Å². The van der Waals surface area contributed by atoms with E-state index in [4.69, 9.17) is 11.6 Å². The first kappa shape index (κ1) is 15.8. The summed E-state index contributed by atoms with van der Waals surface area (Å²) in [5.41, 5.74) is 1.11. The summed E-state index contributed by atoms with van der Waals surface area (Å²) in [5, 5.41) is 0.496. The van der Waals surface area contributed by atoms with E-state index in [1.54, 1.807) is 31.2 Å². The maximum Gasteiger partial charge on any atom is 0.235 e. The van der Waals surface area contributed by atoms with Crippen LogP contribution in [0.3, 0.4) is 0 Å². The lowest BCUT2D eigenvalue weighted by Gasteiger charge is -2.24. The molecule has 21 heavy (non-hydrogen) atoms. The number of halogens is 2. The Labute approximate surface area is 129 Å². The molecule has 0 aliphatic heterocycles. The number of benzene rings is 2. The van der Waals surface area contributed by atoms with Crippen LogP contribution in [0, 0.1) is 5.82 Å². The molecule has 0 atom stereocenters. The van der Waals surface area contributed by atoms with Crippen LogP contribution in [0.25, 0.3) is 0 Å². The molecule has 0 N–H and O–H groups in total. The van der Waals surface area contributed by atoms with Crippen LogP contribution >= 0.6 is 11.6 Å². The topological polar surface area (TPSA) is 37.4 Å². The third-order valence-corrected chi connectivity index (χ3v) is 5.20. The maximum atomic E-state index is 13.0. The normalized spacial score (nSPS) is 11.4. The molecule has 0 fully saturated rings. The van der Waals surface area contributed by atoms with Gasteiger partial charge in [-0.05, 0) is 42.8 Å². The second-order valence-electron chi connectivity index (χ2n) is 4.48. The molecule has 0 saturated heterocycles. The zero-order valence-electron chi connectivity index (χ0n) is 11.5. The van der Waals surface area contributed by atoms with Crippen LogP contribution in [0.4, 0.5) is 10.1 Å². The van der Waals surface area contributed by atoms with E-state index in [0.717, 1.165) is 0 Å². The van der Waals surface area contributed by atoms with Gasteiger partial charge in [0.25, 0.3) is 0 Å². The molecule has 0 amide bonds. The summed E-state index contributed by atoms with van der Waals surface area (Å²) in [6, 6.07) is 12.4. The highest BCUT2D eigenvalue weighted by Gasteiger charge is 2.21. The van der Waals surface area contributed by atoms with Gasteiger partial charge in [-0.3, -0.25) is 4.31 Å². The molecule has 2 rings (SSSR count). The second kappa shape index (κ2) is 6.45. The zero-order chi connectivity index (χ0) is 15.5. The molecule has 0 unspecified atom stereocenters. The van der Waals surface area contributed by atoms with Gasteiger partial charge in [-0.2, -0.15) is 0 Å². The molecule has 2 aromatic rings. The lowest BCUT2D eigenvalue weighted by molar-refractivity contribution is 0.591. The maximum absolute atomic E-state index is 13.0. The van der Waals surface area contributed by atoms with Gasteiger partial charge in [0.05, 0.1) is 18.0 Å². The van der Waals surface area contributed by atoms with Crippen molar-refractivity contribution in [2.45, 2.75) is 13.5 Å². The van der Waals surface area contributed by atoms with Crippen molar-refractivity contribution in [2.24, 2.45) is 0 Å². The molecule has 2 aromatic carbocycles. The summed E-state index contributed by atoms with van der Waals surface area (Å²) in [6.45, 7) is 1.68. The Kier molecular flexibility index (Phi) is 4.85. The molecule has 3 nitrogen and oxygen atoms in total. The van der Waals surface area contributed by atoms with Crippen molar-refractivity contribution in [3.63, 3.8) is 0 Å². The van der Waals surface area contributed by atoms with Crippen LogP contribution in [0.15, 0.2) is 48.5 Å². The molecule has 0 saturated carbocycles. The average molecular weight is 328 g/mol. The number of anilines is 1. The van der Waals surface area contributed by atoms with E-state index in [1.165, 1.54) is 28.6 Å². The largest absolute Gasteiger partial charge is 0.266 e. The number of rotatable bonds is 5. The van der Waals surface area contributed by atoms with Gasteiger partial charge < -0.3 is 0 Å². The summed E-state index contributed by atoms with van der Waals surface area (Å²) < 4.78 is 38.9. The first-order chi connectivity index (χ1) is 9.94. The summed E-state index contributed by atoms with van der Waals surface area (Å²) in [6.07, 6.45) is 0. The van der Waals surface area contributed by atoms with Gasteiger partial charge in [0, 0.05) is 5.02 Å². The molecule has 0 radical (unpaired) electrons. The lowest BCUT2D eigenvalue weighted by atomic mass is 10.2. The molecule has 112 valence electrons. The first-order valence-electron chi connectivity index (χ1n) is 6.43. The monoisotopic (exact) mass is 327 g/mol. The lowest BCUT2D eigenvalue weighted by Crippen LogP contribution is -2.31. The minimum Gasteiger partial charge on any atom is -0.266 e. The quantitative estimate of drug-likeness (QED) is 0.836. The summed E-state index contributed by atoms with van der Waals surface area (Å²) >= 11 is 6.09. The Morgan fingerprint density at radius 1 is 1.10 bits per heavy atom. The van der Waals surface area contributed by atoms with E-state index >= 15 is 0 Å². The van der Waals surface area contributed by atoms with Crippen molar-refractivity contribution in [3.05, 3.63) is 64.9 Å². The van der Waals surface area contributed by atoms with Gasteiger partial charge in [0.1, 0.15) is 5.82 Å². The van der Waals surface area contributed by atoms with Crippen molar-refractivity contribution in [3.8, 4) is 0 Å². The van der Waals surface area contributed by atoms with Gasteiger partial charge in [-0.25, -0.2) is 12.8 Å². The fraction of sp³-hybridized carbons (Fsp3) is 0.200. The highest BCUT2D eigenvalue weighted by molar-refractivity contribution is 7.92. The van der Waals surface area contributed by atoms with Gasteiger partial charge in [0.15, 0.2) is 0 Å². The molecule has 0 heterocycles. The second-order valence-corrected chi connectivity index (χ2v) is 7.06. The minimum absolute atomic E-state index is 0.0468. The standard InChI is InChI=1S/C15H15ClFNO2S/c1-2-21(19,20)18(14-9-7-13(17)8-10-14)11-12-5-3-4-6-15(12)16/h3-10H,2,11H2,1H3. The Hall–Kier alpha value is -1.59. The molecule has 6 heteroatoms. The van der Waals surface area contributed by atoms with E-state index in [2.05, 4.69) is 0 Å². The van der Waals surface area contributed by atoms with Crippen LogP contribution in [0.5, 0.6) is 0 Å². The minimum atomic E-state index is -3.49.